The van der Waals surface area contributed by atoms with Crippen LogP contribution in [0.4, 0.5) is 5.82 Å². The smallest absolute Gasteiger partial charge is 0.261 e. The fourth-order valence-corrected chi connectivity index (χ4v) is 3.40. The van der Waals surface area contributed by atoms with Crippen LogP contribution in [0.1, 0.15) is 23.5 Å². The summed E-state index contributed by atoms with van der Waals surface area (Å²) in [6, 6.07) is 3.68. The highest BCUT2D eigenvalue weighted by atomic mass is 32.2. The number of thiophene rings is 1. The van der Waals surface area contributed by atoms with Crippen molar-refractivity contribution in [3.05, 3.63) is 28.6 Å². The minimum atomic E-state index is -0.0600. The second-order valence-corrected chi connectivity index (χ2v) is 7.89. The van der Waals surface area contributed by atoms with Gasteiger partial charge in [0.1, 0.15) is 5.82 Å². The predicted octanol–water partition coefficient (Wildman–Crippen LogP) is 3.11. The Kier molecular flexibility index (Phi) is 6.10. The SMILES string of the molecule is CSc1nc(NCC(C)C)c2cnn(CCNC(=O)c3cccs3)c2n1. The van der Waals surface area contributed by atoms with E-state index in [-0.39, 0.29) is 5.91 Å². The van der Waals surface area contributed by atoms with Crippen molar-refractivity contribution < 1.29 is 4.79 Å². The lowest BCUT2D eigenvalue weighted by Crippen LogP contribution is -2.26. The normalized spacial score (nSPS) is 11.2. The molecule has 0 saturated carbocycles. The Labute approximate surface area is 160 Å². The number of hydrogen-bond donors (Lipinski definition) is 2. The molecule has 7 nitrogen and oxygen atoms in total. The van der Waals surface area contributed by atoms with Crippen LogP contribution >= 0.6 is 23.1 Å². The average molecular weight is 391 g/mol. The second-order valence-electron chi connectivity index (χ2n) is 6.17. The third kappa shape index (κ3) is 4.34. The van der Waals surface area contributed by atoms with Gasteiger partial charge in [-0.2, -0.15) is 5.10 Å². The van der Waals surface area contributed by atoms with Crippen LogP contribution in [0.25, 0.3) is 11.0 Å². The molecule has 0 aliphatic rings. The van der Waals surface area contributed by atoms with Crippen molar-refractivity contribution in [1.29, 1.82) is 0 Å². The molecule has 3 aromatic rings. The lowest BCUT2D eigenvalue weighted by atomic mass is 10.2. The molecule has 0 radical (unpaired) electrons. The molecule has 3 heterocycles. The first-order valence-electron chi connectivity index (χ1n) is 8.41. The van der Waals surface area contributed by atoms with E-state index in [0.717, 1.165) is 23.4 Å². The van der Waals surface area contributed by atoms with Gasteiger partial charge >= 0.3 is 0 Å². The molecule has 26 heavy (non-hydrogen) atoms. The van der Waals surface area contributed by atoms with E-state index in [1.165, 1.54) is 23.1 Å². The first-order valence-corrected chi connectivity index (χ1v) is 10.5. The van der Waals surface area contributed by atoms with Crippen LogP contribution < -0.4 is 10.6 Å². The van der Waals surface area contributed by atoms with Gasteiger partial charge in [-0.15, -0.1) is 11.3 Å². The van der Waals surface area contributed by atoms with Gasteiger partial charge in [0.15, 0.2) is 10.8 Å². The molecule has 3 rings (SSSR count). The van der Waals surface area contributed by atoms with Gasteiger partial charge in [-0.3, -0.25) is 4.79 Å². The van der Waals surface area contributed by atoms with Crippen LogP contribution in [-0.2, 0) is 6.54 Å². The van der Waals surface area contributed by atoms with Gasteiger partial charge in [0.2, 0.25) is 0 Å². The molecule has 9 heteroatoms. The molecule has 2 N–H and O–H groups in total. The van der Waals surface area contributed by atoms with E-state index in [1.807, 2.05) is 28.5 Å². The van der Waals surface area contributed by atoms with Crippen molar-refractivity contribution in [3.8, 4) is 0 Å². The van der Waals surface area contributed by atoms with Gasteiger partial charge in [-0.1, -0.05) is 31.7 Å². The largest absolute Gasteiger partial charge is 0.369 e. The van der Waals surface area contributed by atoms with E-state index < -0.39 is 0 Å². The van der Waals surface area contributed by atoms with E-state index in [9.17, 15) is 4.79 Å². The summed E-state index contributed by atoms with van der Waals surface area (Å²) < 4.78 is 1.81. The molecule has 0 aromatic carbocycles. The van der Waals surface area contributed by atoms with E-state index in [0.29, 0.717) is 29.0 Å². The maximum Gasteiger partial charge on any atom is 0.261 e. The molecular weight excluding hydrogens is 368 g/mol. The highest BCUT2D eigenvalue weighted by Crippen LogP contribution is 2.23. The summed E-state index contributed by atoms with van der Waals surface area (Å²) in [6.07, 6.45) is 3.73. The average Bonchev–Trinajstić information content (AvgIpc) is 3.29. The minimum absolute atomic E-state index is 0.0600. The van der Waals surface area contributed by atoms with E-state index in [4.69, 9.17) is 0 Å². The molecule has 0 spiro atoms. The number of anilines is 1. The number of fused-ring (bicyclic) bond motifs is 1. The standard InChI is InChI=1S/C17H22N6OS2/c1-11(2)9-19-14-12-10-20-23(15(12)22-17(21-14)25-3)7-6-18-16(24)13-5-4-8-26-13/h4-5,8,10-11H,6-7,9H2,1-3H3,(H,18,24)(H,19,21,22). The summed E-state index contributed by atoms with van der Waals surface area (Å²) in [5.41, 5.74) is 0.779. The molecule has 0 aliphatic carbocycles. The topological polar surface area (TPSA) is 84.7 Å². The molecule has 138 valence electrons. The first-order chi connectivity index (χ1) is 12.6. The number of aromatic nitrogens is 4. The molecule has 1 amide bonds. The summed E-state index contributed by atoms with van der Waals surface area (Å²) in [7, 11) is 0. The summed E-state index contributed by atoms with van der Waals surface area (Å²) in [6.45, 7) is 6.18. The van der Waals surface area contributed by atoms with Crippen molar-refractivity contribution >= 4 is 45.9 Å². The summed E-state index contributed by atoms with van der Waals surface area (Å²) in [5, 5.41) is 14.2. The van der Waals surface area contributed by atoms with Crippen LogP contribution in [0.2, 0.25) is 0 Å². The monoisotopic (exact) mass is 390 g/mol. The fourth-order valence-electron chi connectivity index (χ4n) is 2.40. The third-order valence-corrected chi connectivity index (χ3v) is 5.11. The Bertz CT molecular complexity index is 875. The van der Waals surface area contributed by atoms with E-state index >= 15 is 0 Å². The quantitative estimate of drug-likeness (QED) is 0.454. The number of nitrogens with one attached hydrogen (secondary N) is 2. The van der Waals surface area contributed by atoms with Crippen molar-refractivity contribution in [3.63, 3.8) is 0 Å². The maximum absolute atomic E-state index is 12.0. The van der Waals surface area contributed by atoms with Crippen LogP contribution in [0.5, 0.6) is 0 Å². The third-order valence-electron chi connectivity index (χ3n) is 3.69. The molecule has 0 unspecified atom stereocenters. The number of carbonyl (C=O) groups excluding carboxylic acids is 1. The maximum atomic E-state index is 12.0. The second kappa shape index (κ2) is 8.50. The summed E-state index contributed by atoms with van der Waals surface area (Å²) in [5.74, 6) is 1.26. The highest BCUT2D eigenvalue weighted by molar-refractivity contribution is 7.98. The van der Waals surface area contributed by atoms with E-state index in [2.05, 4.69) is 39.5 Å². The Morgan fingerprint density at radius 1 is 1.38 bits per heavy atom. The zero-order valence-corrected chi connectivity index (χ0v) is 16.7. The number of carbonyl (C=O) groups is 1. The predicted molar refractivity (Wildman–Crippen MR) is 107 cm³/mol. The minimum Gasteiger partial charge on any atom is -0.369 e. The summed E-state index contributed by atoms with van der Waals surface area (Å²) in [4.78, 5) is 21.9. The molecule has 0 atom stereocenters. The zero-order chi connectivity index (χ0) is 18.5. The lowest BCUT2D eigenvalue weighted by molar-refractivity contribution is 0.0956. The Hall–Kier alpha value is -2.13. The van der Waals surface area contributed by atoms with Crippen LogP contribution in [0, 0.1) is 5.92 Å². The first kappa shape index (κ1) is 18.7. The lowest BCUT2D eigenvalue weighted by Gasteiger charge is -2.10. The zero-order valence-electron chi connectivity index (χ0n) is 15.0. The Morgan fingerprint density at radius 2 is 2.23 bits per heavy atom. The molecule has 0 fully saturated rings. The number of hydrogen-bond acceptors (Lipinski definition) is 7. The van der Waals surface area contributed by atoms with Gasteiger partial charge in [0.25, 0.3) is 5.91 Å². The van der Waals surface area contributed by atoms with Crippen molar-refractivity contribution in [2.75, 3.05) is 24.7 Å². The van der Waals surface area contributed by atoms with Crippen molar-refractivity contribution in [2.45, 2.75) is 25.5 Å². The Balaban J connectivity index is 1.74. The van der Waals surface area contributed by atoms with Gasteiger partial charge in [0, 0.05) is 13.1 Å². The van der Waals surface area contributed by atoms with Crippen LogP contribution in [0.15, 0.2) is 28.9 Å². The van der Waals surface area contributed by atoms with Crippen LogP contribution in [0.3, 0.4) is 0 Å². The number of amides is 1. The van der Waals surface area contributed by atoms with Gasteiger partial charge in [-0.25, -0.2) is 14.6 Å². The fraction of sp³-hybridized carbons (Fsp3) is 0.412. The van der Waals surface area contributed by atoms with Gasteiger partial charge in [0.05, 0.1) is 23.0 Å². The van der Waals surface area contributed by atoms with Crippen molar-refractivity contribution in [1.82, 2.24) is 25.1 Å². The molecular formula is C17H22N6OS2. The summed E-state index contributed by atoms with van der Waals surface area (Å²) >= 11 is 2.93. The van der Waals surface area contributed by atoms with Gasteiger partial charge in [-0.05, 0) is 23.6 Å². The Morgan fingerprint density at radius 3 is 2.92 bits per heavy atom. The van der Waals surface area contributed by atoms with Crippen molar-refractivity contribution in [2.24, 2.45) is 5.92 Å². The van der Waals surface area contributed by atoms with Gasteiger partial charge < -0.3 is 10.6 Å². The van der Waals surface area contributed by atoms with E-state index in [1.54, 1.807) is 6.20 Å². The molecule has 0 aliphatic heterocycles. The number of nitrogens with zero attached hydrogens (tertiary/aromatic N) is 4. The molecule has 3 aromatic heterocycles. The molecule has 0 saturated heterocycles. The highest BCUT2D eigenvalue weighted by Gasteiger charge is 2.13. The number of thioether (sulfide) groups is 1. The number of rotatable bonds is 8. The molecule has 0 bridgehead atoms. The van der Waals surface area contributed by atoms with Crippen LogP contribution in [-0.4, -0.2) is 45.0 Å².